The number of rotatable bonds is 4. The average Bonchev–Trinajstić information content (AvgIpc) is 2.73. The second-order valence-electron chi connectivity index (χ2n) is 4.32. The fourth-order valence-electron chi connectivity index (χ4n) is 1.71. The van der Waals surface area contributed by atoms with Crippen molar-refractivity contribution in [2.24, 2.45) is 12.8 Å². The van der Waals surface area contributed by atoms with Gasteiger partial charge in [0.25, 0.3) is 10.0 Å². The fraction of sp³-hybridized carbons (Fsp3) is 0.167. The second-order valence-corrected chi connectivity index (χ2v) is 6.42. The molecule has 2 aromatic rings. The maximum Gasteiger partial charge on any atom is 0.263 e. The molecule has 0 atom stereocenters. The van der Waals surface area contributed by atoms with Crippen LogP contribution in [0.1, 0.15) is 11.1 Å². The molecular formula is C12H14N4O2S2. The molecule has 1 aromatic carbocycles. The summed E-state index contributed by atoms with van der Waals surface area (Å²) in [7, 11) is -2.02. The molecule has 3 N–H and O–H groups in total. The second kappa shape index (κ2) is 5.22. The number of nitrogens with zero attached hydrogens (tertiary/aromatic N) is 2. The van der Waals surface area contributed by atoms with Gasteiger partial charge in [0, 0.05) is 24.9 Å². The summed E-state index contributed by atoms with van der Waals surface area (Å²) >= 11 is 4.87. The normalized spacial score (nSPS) is 11.3. The van der Waals surface area contributed by atoms with Crippen molar-refractivity contribution in [2.45, 2.75) is 11.8 Å². The SMILES string of the molecule is Cc1ccc(C(N)=S)cc1S(=O)(=O)Nc1ccn(C)n1. The Bertz CT molecular complexity index is 766. The topological polar surface area (TPSA) is 90.0 Å². The molecule has 0 amide bonds. The Labute approximate surface area is 122 Å². The number of aryl methyl sites for hydroxylation is 2. The Hall–Kier alpha value is -1.93. The van der Waals surface area contributed by atoms with Gasteiger partial charge in [-0.3, -0.25) is 9.40 Å². The zero-order valence-corrected chi connectivity index (χ0v) is 12.6. The van der Waals surface area contributed by atoms with Crippen LogP contribution in [0.15, 0.2) is 35.4 Å². The summed E-state index contributed by atoms with van der Waals surface area (Å²) in [5, 5.41) is 3.98. The third-order valence-corrected chi connectivity index (χ3v) is 4.45. The van der Waals surface area contributed by atoms with Crippen LogP contribution >= 0.6 is 12.2 Å². The molecule has 0 unspecified atom stereocenters. The van der Waals surface area contributed by atoms with E-state index in [-0.39, 0.29) is 15.7 Å². The van der Waals surface area contributed by atoms with Gasteiger partial charge < -0.3 is 5.73 Å². The summed E-state index contributed by atoms with van der Waals surface area (Å²) in [6.07, 6.45) is 1.65. The van der Waals surface area contributed by atoms with Gasteiger partial charge in [-0.1, -0.05) is 24.4 Å². The highest BCUT2D eigenvalue weighted by molar-refractivity contribution is 7.92. The van der Waals surface area contributed by atoms with Gasteiger partial charge in [0.05, 0.1) is 4.90 Å². The Kier molecular flexibility index (Phi) is 3.78. The van der Waals surface area contributed by atoms with Crippen molar-refractivity contribution in [1.82, 2.24) is 9.78 Å². The Morgan fingerprint density at radius 3 is 2.65 bits per heavy atom. The molecule has 2 rings (SSSR count). The summed E-state index contributed by atoms with van der Waals surface area (Å²) in [6.45, 7) is 1.70. The number of nitrogens with one attached hydrogen (secondary N) is 1. The van der Waals surface area contributed by atoms with Crippen molar-refractivity contribution in [3.8, 4) is 0 Å². The van der Waals surface area contributed by atoms with Crippen molar-refractivity contribution >= 4 is 33.0 Å². The van der Waals surface area contributed by atoms with E-state index in [0.29, 0.717) is 11.1 Å². The molecule has 0 radical (unpaired) electrons. The molecule has 0 fully saturated rings. The van der Waals surface area contributed by atoms with Gasteiger partial charge in [-0.05, 0) is 18.6 Å². The molecule has 0 bridgehead atoms. The van der Waals surface area contributed by atoms with Crippen LogP contribution in [-0.2, 0) is 17.1 Å². The zero-order chi connectivity index (χ0) is 14.9. The minimum absolute atomic E-state index is 0.133. The van der Waals surface area contributed by atoms with Crippen molar-refractivity contribution in [3.05, 3.63) is 41.6 Å². The van der Waals surface area contributed by atoms with Crippen molar-refractivity contribution in [3.63, 3.8) is 0 Å². The predicted molar refractivity (Wildman–Crippen MR) is 81.1 cm³/mol. The molecule has 0 aliphatic carbocycles. The molecule has 8 heteroatoms. The smallest absolute Gasteiger partial charge is 0.263 e. The molecule has 6 nitrogen and oxygen atoms in total. The molecule has 1 aromatic heterocycles. The highest BCUT2D eigenvalue weighted by Gasteiger charge is 2.19. The van der Waals surface area contributed by atoms with Crippen molar-refractivity contribution < 1.29 is 8.42 Å². The van der Waals surface area contributed by atoms with E-state index in [1.807, 2.05) is 0 Å². The van der Waals surface area contributed by atoms with Crippen LogP contribution in [0.2, 0.25) is 0 Å². The number of anilines is 1. The standard InChI is InChI=1S/C12H14N4O2S2/c1-8-3-4-9(12(13)19)7-10(8)20(17,18)15-11-5-6-16(2)14-11/h3-7H,1-2H3,(H2,13,19)(H,14,15). The van der Waals surface area contributed by atoms with E-state index in [9.17, 15) is 8.42 Å². The number of benzene rings is 1. The summed E-state index contributed by atoms with van der Waals surface area (Å²) < 4.78 is 28.7. The Morgan fingerprint density at radius 2 is 2.10 bits per heavy atom. The van der Waals surface area contributed by atoms with E-state index < -0.39 is 10.0 Å². The lowest BCUT2D eigenvalue weighted by molar-refractivity contribution is 0.600. The number of hydrogen-bond donors (Lipinski definition) is 2. The van der Waals surface area contributed by atoms with Crippen LogP contribution in [-0.4, -0.2) is 23.2 Å². The minimum atomic E-state index is -3.73. The van der Waals surface area contributed by atoms with E-state index in [4.69, 9.17) is 18.0 Å². The number of aromatic nitrogens is 2. The number of sulfonamides is 1. The zero-order valence-electron chi connectivity index (χ0n) is 11.0. The van der Waals surface area contributed by atoms with E-state index >= 15 is 0 Å². The summed E-state index contributed by atoms with van der Waals surface area (Å²) in [4.78, 5) is 0.285. The molecule has 0 saturated carbocycles. The molecule has 20 heavy (non-hydrogen) atoms. The van der Waals surface area contributed by atoms with Crippen LogP contribution in [0.3, 0.4) is 0 Å². The molecule has 0 aliphatic heterocycles. The first kappa shape index (κ1) is 14.5. The van der Waals surface area contributed by atoms with Crippen LogP contribution in [0.25, 0.3) is 0 Å². The van der Waals surface area contributed by atoms with E-state index in [1.54, 1.807) is 38.4 Å². The van der Waals surface area contributed by atoms with E-state index in [1.165, 1.54) is 10.7 Å². The number of thiocarbonyl (C=S) groups is 1. The molecular weight excluding hydrogens is 296 g/mol. The van der Waals surface area contributed by atoms with Crippen molar-refractivity contribution in [2.75, 3.05) is 4.72 Å². The number of hydrogen-bond acceptors (Lipinski definition) is 4. The molecule has 106 valence electrons. The predicted octanol–water partition coefficient (Wildman–Crippen LogP) is 1.16. The van der Waals surface area contributed by atoms with Crippen molar-refractivity contribution in [1.29, 1.82) is 0 Å². The van der Waals surface area contributed by atoms with Gasteiger partial charge >= 0.3 is 0 Å². The first-order valence-electron chi connectivity index (χ1n) is 5.72. The summed E-state index contributed by atoms with van der Waals surface area (Å²) in [6, 6.07) is 6.40. The first-order chi connectivity index (χ1) is 9.29. The molecule has 0 saturated heterocycles. The highest BCUT2D eigenvalue weighted by Crippen LogP contribution is 2.20. The van der Waals surface area contributed by atoms with Gasteiger partial charge in [-0.2, -0.15) is 5.10 Å². The third-order valence-electron chi connectivity index (χ3n) is 2.71. The molecule has 0 spiro atoms. The number of nitrogens with two attached hydrogens (primary N) is 1. The largest absolute Gasteiger partial charge is 0.389 e. The van der Waals surface area contributed by atoms with Gasteiger partial charge in [-0.15, -0.1) is 0 Å². The molecule has 0 aliphatic rings. The Morgan fingerprint density at radius 1 is 1.40 bits per heavy atom. The van der Waals surface area contributed by atoms with Crippen LogP contribution < -0.4 is 10.5 Å². The molecule has 1 heterocycles. The maximum atomic E-state index is 12.4. The van der Waals surface area contributed by atoms with Crippen LogP contribution in [0.5, 0.6) is 0 Å². The quantitative estimate of drug-likeness (QED) is 0.827. The maximum absolute atomic E-state index is 12.4. The lowest BCUT2D eigenvalue weighted by Gasteiger charge is -2.10. The van der Waals surface area contributed by atoms with Gasteiger partial charge in [0.1, 0.15) is 4.99 Å². The van der Waals surface area contributed by atoms with E-state index in [2.05, 4.69) is 9.82 Å². The average molecular weight is 310 g/mol. The third kappa shape index (κ3) is 2.97. The van der Waals surface area contributed by atoms with Crippen LogP contribution in [0.4, 0.5) is 5.82 Å². The Balaban J connectivity index is 2.43. The lowest BCUT2D eigenvalue weighted by Crippen LogP contribution is -2.17. The summed E-state index contributed by atoms with van der Waals surface area (Å²) in [5.74, 6) is 0.257. The van der Waals surface area contributed by atoms with E-state index in [0.717, 1.165) is 0 Å². The van der Waals surface area contributed by atoms with Gasteiger partial charge in [-0.25, -0.2) is 8.42 Å². The highest BCUT2D eigenvalue weighted by atomic mass is 32.2. The lowest BCUT2D eigenvalue weighted by atomic mass is 10.1. The monoisotopic (exact) mass is 310 g/mol. The summed E-state index contributed by atoms with van der Waals surface area (Å²) in [5.41, 5.74) is 6.64. The van der Waals surface area contributed by atoms with Gasteiger partial charge in [0.2, 0.25) is 0 Å². The van der Waals surface area contributed by atoms with Gasteiger partial charge in [0.15, 0.2) is 5.82 Å². The first-order valence-corrected chi connectivity index (χ1v) is 7.61. The van der Waals surface area contributed by atoms with Crippen LogP contribution in [0, 0.1) is 6.92 Å². The minimum Gasteiger partial charge on any atom is -0.389 e. The fourth-order valence-corrected chi connectivity index (χ4v) is 3.10.